The lowest BCUT2D eigenvalue weighted by atomic mass is 10.3. The summed E-state index contributed by atoms with van der Waals surface area (Å²) in [6.45, 7) is 0. The lowest BCUT2D eigenvalue weighted by Gasteiger charge is -2.12. The number of hydrogen-bond acceptors (Lipinski definition) is 6. The van der Waals surface area contributed by atoms with Gasteiger partial charge in [0.2, 0.25) is 9.84 Å². The van der Waals surface area contributed by atoms with Crippen LogP contribution in [0.25, 0.3) is 0 Å². The van der Waals surface area contributed by atoms with Crippen molar-refractivity contribution in [2.75, 3.05) is 18.9 Å². The highest BCUT2D eigenvalue weighted by Gasteiger charge is 2.26. The van der Waals surface area contributed by atoms with E-state index in [1.165, 1.54) is 32.4 Å². The van der Waals surface area contributed by atoms with E-state index in [1.807, 2.05) is 0 Å². The monoisotopic (exact) mass is 407 g/mol. The third-order valence-electron chi connectivity index (χ3n) is 3.33. The number of benzene rings is 2. The smallest absolute Gasteiger partial charge is 0.341 e. The van der Waals surface area contributed by atoms with Gasteiger partial charge in [-0.1, -0.05) is 0 Å². The van der Waals surface area contributed by atoms with Crippen molar-refractivity contribution in [2.45, 2.75) is 15.5 Å². The van der Waals surface area contributed by atoms with Crippen molar-refractivity contribution in [3.8, 4) is 11.5 Å². The molecule has 0 saturated carbocycles. The molecule has 0 bridgehead atoms. The minimum atomic E-state index is -4.75. The maximum absolute atomic E-state index is 12.5. The van der Waals surface area contributed by atoms with Gasteiger partial charge >= 0.3 is 5.76 Å². The van der Waals surface area contributed by atoms with Gasteiger partial charge < -0.3 is 9.47 Å². The molecule has 7 nitrogen and oxygen atoms in total. The van der Waals surface area contributed by atoms with Gasteiger partial charge in [0.25, 0.3) is 10.0 Å². The highest BCUT2D eigenvalue weighted by atomic mass is 32.2. The predicted octanol–water partition coefficient (Wildman–Crippen LogP) is 2.50. The van der Waals surface area contributed by atoms with Crippen LogP contribution in [0, 0.1) is 0 Å². The molecule has 0 aliphatic rings. The first-order chi connectivity index (χ1) is 12.1. The third-order valence-corrected chi connectivity index (χ3v) is 6.11. The molecule has 0 amide bonds. The molecule has 142 valence electrons. The summed E-state index contributed by atoms with van der Waals surface area (Å²) >= 11 is 0. The second-order valence-electron chi connectivity index (χ2n) is 4.95. The molecule has 0 unspecified atom stereocenters. The van der Waals surface area contributed by atoms with E-state index in [4.69, 9.17) is 9.47 Å². The number of sulfonamides is 1. The van der Waals surface area contributed by atoms with Crippen molar-refractivity contribution in [1.29, 1.82) is 0 Å². The van der Waals surface area contributed by atoms with Crippen LogP contribution in [0.2, 0.25) is 0 Å². The fourth-order valence-corrected chi connectivity index (χ4v) is 3.81. The van der Waals surface area contributed by atoms with Crippen molar-refractivity contribution in [1.82, 2.24) is 0 Å². The van der Waals surface area contributed by atoms with Crippen LogP contribution >= 0.6 is 0 Å². The fourth-order valence-electron chi connectivity index (χ4n) is 2.01. The maximum atomic E-state index is 12.5. The van der Waals surface area contributed by atoms with E-state index >= 15 is 0 Å². The standard InChI is InChI=1S/C15H15F2NO6S2/c1-23-13-8-7-12(9-14(13)24-2)26(21,22)18-10-3-5-11(6-4-10)25(19,20)15(16)17/h3-9,15,18H,1-2H3. The topological polar surface area (TPSA) is 98.8 Å². The molecule has 0 aliphatic heterocycles. The Balaban J connectivity index is 2.30. The predicted molar refractivity (Wildman–Crippen MR) is 90.0 cm³/mol. The number of nitrogens with one attached hydrogen (secondary N) is 1. The van der Waals surface area contributed by atoms with E-state index in [-0.39, 0.29) is 16.3 Å². The first kappa shape index (κ1) is 19.9. The number of methoxy groups -OCH3 is 2. The minimum Gasteiger partial charge on any atom is -0.493 e. The number of halogens is 2. The Morgan fingerprint density at radius 3 is 1.88 bits per heavy atom. The molecular formula is C15H15F2NO6S2. The summed E-state index contributed by atoms with van der Waals surface area (Å²) in [5.41, 5.74) is 0.00741. The number of hydrogen-bond donors (Lipinski definition) is 1. The Bertz CT molecular complexity index is 989. The van der Waals surface area contributed by atoms with Gasteiger partial charge in [-0.25, -0.2) is 16.8 Å². The molecule has 11 heteroatoms. The Morgan fingerprint density at radius 1 is 0.846 bits per heavy atom. The van der Waals surface area contributed by atoms with Gasteiger partial charge in [-0.3, -0.25) is 4.72 Å². The molecule has 0 heterocycles. The highest BCUT2D eigenvalue weighted by Crippen LogP contribution is 2.30. The van der Waals surface area contributed by atoms with Crippen LogP contribution in [-0.4, -0.2) is 36.8 Å². The van der Waals surface area contributed by atoms with E-state index in [1.54, 1.807) is 0 Å². The molecule has 0 aliphatic carbocycles. The second kappa shape index (κ2) is 7.46. The Labute approximate surface area is 149 Å². The van der Waals surface area contributed by atoms with Crippen LogP contribution < -0.4 is 14.2 Å². The van der Waals surface area contributed by atoms with Crippen molar-refractivity contribution >= 4 is 25.5 Å². The first-order valence-corrected chi connectivity index (χ1v) is 10.0. The molecule has 26 heavy (non-hydrogen) atoms. The molecule has 0 spiro atoms. The van der Waals surface area contributed by atoms with Crippen molar-refractivity contribution < 1.29 is 35.1 Å². The second-order valence-corrected chi connectivity index (χ2v) is 8.55. The average molecular weight is 407 g/mol. The minimum absolute atomic E-state index is 0.00741. The zero-order valence-corrected chi connectivity index (χ0v) is 15.3. The van der Waals surface area contributed by atoms with Gasteiger partial charge in [0.1, 0.15) is 0 Å². The molecule has 2 rings (SSSR count). The molecule has 2 aromatic rings. The average Bonchev–Trinajstić information content (AvgIpc) is 2.61. The van der Waals surface area contributed by atoms with Crippen LogP contribution in [0.4, 0.5) is 14.5 Å². The van der Waals surface area contributed by atoms with Gasteiger partial charge in [-0.15, -0.1) is 0 Å². The summed E-state index contributed by atoms with van der Waals surface area (Å²) in [4.78, 5) is -0.735. The number of sulfone groups is 1. The fraction of sp³-hybridized carbons (Fsp3) is 0.200. The summed E-state index contributed by atoms with van der Waals surface area (Å²) in [6.07, 6.45) is 0. The summed E-state index contributed by atoms with van der Waals surface area (Å²) in [6, 6.07) is 7.89. The molecule has 0 radical (unpaired) electrons. The van der Waals surface area contributed by atoms with E-state index in [2.05, 4.69) is 4.72 Å². The number of alkyl halides is 2. The molecule has 0 aromatic heterocycles. The SMILES string of the molecule is COc1ccc(S(=O)(=O)Nc2ccc(S(=O)(=O)C(F)F)cc2)cc1OC. The quantitative estimate of drug-likeness (QED) is 0.757. The number of anilines is 1. The Morgan fingerprint density at radius 2 is 1.38 bits per heavy atom. The van der Waals surface area contributed by atoms with Crippen LogP contribution in [0.3, 0.4) is 0 Å². The molecule has 1 N–H and O–H groups in total. The lowest BCUT2D eigenvalue weighted by molar-refractivity contribution is 0.234. The van der Waals surface area contributed by atoms with Crippen molar-refractivity contribution in [3.05, 3.63) is 42.5 Å². The van der Waals surface area contributed by atoms with E-state index in [0.29, 0.717) is 5.75 Å². The largest absolute Gasteiger partial charge is 0.493 e. The summed E-state index contributed by atoms with van der Waals surface area (Å²) < 4.78 is 84.9. The first-order valence-electron chi connectivity index (χ1n) is 6.99. The van der Waals surface area contributed by atoms with Gasteiger partial charge in [0, 0.05) is 11.8 Å². The zero-order chi connectivity index (χ0) is 19.5. The Kier molecular flexibility index (Phi) is 5.71. The van der Waals surface area contributed by atoms with Crippen LogP contribution in [-0.2, 0) is 19.9 Å². The van der Waals surface area contributed by atoms with Crippen molar-refractivity contribution in [2.24, 2.45) is 0 Å². The number of ether oxygens (including phenoxy) is 2. The lowest BCUT2D eigenvalue weighted by Crippen LogP contribution is -2.14. The van der Waals surface area contributed by atoms with Crippen LogP contribution in [0.15, 0.2) is 52.3 Å². The van der Waals surface area contributed by atoms with Gasteiger partial charge in [0.05, 0.1) is 24.0 Å². The van der Waals surface area contributed by atoms with Crippen LogP contribution in [0.5, 0.6) is 11.5 Å². The Hall–Kier alpha value is -2.40. The third kappa shape index (κ3) is 4.05. The van der Waals surface area contributed by atoms with E-state index in [0.717, 1.165) is 24.3 Å². The van der Waals surface area contributed by atoms with Gasteiger partial charge in [0.15, 0.2) is 11.5 Å². The normalized spacial score (nSPS) is 12.0. The molecule has 2 aromatic carbocycles. The van der Waals surface area contributed by atoms with Crippen LogP contribution in [0.1, 0.15) is 0 Å². The highest BCUT2D eigenvalue weighted by molar-refractivity contribution is 7.92. The molecule has 0 atom stereocenters. The van der Waals surface area contributed by atoms with Gasteiger partial charge in [-0.2, -0.15) is 8.78 Å². The van der Waals surface area contributed by atoms with Gasteiger partial charge in [-0.05, 0) is 36.4 Å². The van der Waals surface area contributed by atoms with E-state index < -0.39 is 30.5 Å². The maximum Gasteiger partial charge on any atom is 0.341 e. The summed E-state index contributed by atoms with van der Waals surface area (Å²) in [5, 5.41) is 0. The zero-order valence-electron chi connectivity index (χ0n) is 13.6. The molecule has 0 saturated heterocycles. The van der Waals surface area contributed by atoms with E-state index in [9.17, 15) is 25.6 Å². The molecular weight excluding hydrogens is 392 g/mol. The number of rotatable bonds is 7. The summed E-state index contributed by atoms with van der Waals surface area (Å²) in [5.74, 6) is -3.02. The summed E-state index contributed by atoms with van der Waals surface area (Å²) in [7, 11) is -6.01. The molecule has 0 fully saturated rings. The van der Waals surface area contributed by atoms with Crippen molar-refractivity contribution in [3.63, 3.8) is 0 Å².